The number of carbonyl (C=O) groups excluding carboxylic acids is 3. The second-order valence-corrected chi connectivity index (χ2v) is 22.7. The van der Waals surface area contributed by atoms with Crippen LogP contribution in [0.4, 0.5) is 0 Å². The van der Waals surface area contributed by atoms with Crippen molar-refractivity contribution in [3.8, 4) is 0 Å². The van der Waals surface area contributed by atoms with Gasteiger partial charge in [0, 0.05) is 19.3 Å². The lowest BCUT2D eigenvalue weighted by molar-refractivity contribution is -0.161. The van der Waals surface area contributed by atoms with Crippen LogP contribution in [0.2, 0.25) is 0 Å². The minimum absolute atomic E-state index is 0.149. The standard InChI is InChI=1S/C66H117O11P/c1-4-7-10-13-16-19-22-25-27-29-31-33-35-38-40-43-46-49-52-55-64(68)73-59-63(77-66(70)57-54-51-48-45-42-39-36-34-32-30-28-26-23-20-17-14-11-8-5-2)61-75-78(71,72)74-60-62(58-67)76-65(69)56-53-50-47-44-41-37-24-21-18-15-12-9-6-3/h16-17,19-20,25-28,31-34,62-63,67H,4-15,18,21-24,29-30,35-61H2,1-3H3,(H,71,72)/b19-16-,20-17-,27-25-,28-26-,33-31-,34-32-. The van der Waals surface area contributed by atoms with Crippen LogP contribution in [-0.4, -0.2) is 66.5 Å². The van der Waals surface area contributed by atoms with Gasteiger partial charge in [-0.2, -0.15) is 0 Å². The first kappa shape index (κ1) is 74.9. The van der Waals surface area contributed by atoms with Crippen molar-refractivity contribution in [2.24, 2.45) is 0 Å². The highest BCUT2D eigenvalue weighted by Crippen LogP contribution is 2.43. The number of carbonyl (C=O) groups is 3. The van der Waals surface area contributed by atoms with Crippen LogP contribution in [0.25, 0.3) is 0 Å². The number of hydrogen-bond donors (Lipinski definition) is 2. The van der Waals surface area contributed by atoms with Gasteiger partial charge in [0.1, 0.15) is 12.7 Å². The van der Waals surface area contributed by atoms with E-state index in [9.17, 15) is 28.9 Å². The fraction of sp³-hybridized carbons (Fsp3) is 0.773. The summed E-state index contributed by atoms with van der Waals surface area (Å²) < 4.78 is 39.6. The second kappa shape index (κ2) is 60.0. The molecule has 0 spiro atoms. The Bertz CT molecular complexity index is 1590. The third-order valence-electron chi connectivity index (χ3n) is 13.6. The van der Waals surface area contributed by atoms with Crippen molar-refractivity contribution in [2.75, 3.05) is 26.4 Å². The fourth-order valence-electron chi connectivity index (χ4n) is 8.72. The molecule has 0 aromatic carbocycles. The fourth-order valence-corrected chi connectivity index (χ4v) is 9.51. The average molecular weight is 1120 g/mol. The first-order chi connectivity index (χ1) is 38.2. The Balaban J connectivity index is 4.75. The van der Waals surface area contributed by atoms with Crippen molar-refractivity contribution >= 4 is 25.7 Å². The van der Waals surface area contributed by atoms with Crippen molar-refractivity contribution in [3.63, 3.8) is 0 Å². The molecule has 12 heteroatoms. The number of rotatable bonds is 59. The van der Waals surface area contributed by atoms with Crippen molar-refractivity contribution in [3.05, 3.63) is 72.9 Å². The summed E-state index contributed by atoms with van der Waals surface area (Å²) >= 11 is 0. The van der Waals surface area contributed by atoms with Gasteiger partial charge in [-0.15, -0.1) is 0 Å². The SMILES string of the molecule is CCCCC/C=C\C/C=C\C/C=C\CCCCCCCCC(=O)OCC(COP(=O)(O)OCC(CO)OC(=O)CCCCCCCCCCCCCCC)OC(=O)CCCCCCCC/C=C\C/C=C\C/C=C\CCCCC. The van der Waals surface area contributed by atoms with E-state index in [2.05, 4.69) is 93.7 Å². The Labute approximate surface area is 478 Å². The molecule has 11 nitrogen and oxygen atoms in total. The van der Waals surface area contributed by atoms with Crippen LogP contribution in [0.1, 0.15) is 290 Å². The maximum atomic E-state index is 13.0. The number of phosphoric ester groups is 1. The molecule has 78 heavy (non-hydrogen) atoms. The third kappa shape index (κ3) is 57.6. The van der Waals surface area contributed by atoms with Gasteiger partial charge >= 0.3 is 25.7 Å². The molecule has 0 heterocycles. The van der Waals surface area contributed by atoms with E-state index in [4.69, 9.17) is 23.3 Å². The molecule has 0 aliphatic rings. The zero-order chi connectivity index (χ0) is 56.9. The van der Waals surface area contributed by atoms with Gasteiger partial charge in [0.15, 0.2) is 6.10 Å². The molecule has 0 aliphatic heterocycles. The molecule has 0 saturated heterocycles. The molecule has 0 rings (SSSR count). The summed E-state index contributed by atoms with van der Waals surface area (Å²) in [4.78, 5) is 48.7. The van der Waals surface area contributed by atoms with E-state index in [-0.39, 0.29) is 25.9 Å². The lowest BCUT2D eigenvalue weighted by Gasteiger charge is -2.21. The largest absolute Gasteiger partial charge is 0.472 e. The van der Waals surface area contributed by atoms with Crippen LogP contribution in [0.15, 0.2) is 72.9 Å². The lowest BCUT2D eigenvalue weighted by Crippen LogP contribution is -2.30. The molecule has 3 unspecified atom stereocenters. The number of ether oxygens (including phenoxy) is 3. The molecular formula is C66H117O11P. The summed E-state index contributed by atoms with van der Waals surface area (Å²) in [7, 11) is -4.76. The molecule has 0 radical (unpaired) electrons. The zero-order valence-corrected chi connectivity index (χ0v) is 51.0. The molecule has 3 atom stereocenters. The quantitative estimate of drug-likeness (QED) is 0.0197. The minimum Gasteiger partial charge on any atom is -0.462 e. The summed E-state index contributed by atoms with van der Waals surface area (Å²) in [6.07, 6.45) is 68.4. The third-order valence-corrected chi connectivity index (χ3v) is 14.6. The van der Waals surface area contributed by atoms with Crippen LogP contribution >= 0.6 is 7.82 Å². The van der Waals surface area contributed by atoms with Gasteiger partial charge in [0.05, 0.1) is 19.8 Å². The van der Waals surface area contributed by atoms with Gasteiger partial charge in [0.2, 0.25) is 0 Å². The van der Waals surface area contributed by atoms with Crippen molar-refractivity contribution in [2.45, 2.75) is 303 Å². The molecule has 0 saturated carbocycles. The maximum Gasteiger partial charge on any atom is 0.472 e. The van der Waals surface area contributed by atoms with Gasteiger partial charge in [-0.05, 0) is 96.3 Å². The predicted molar refractivity (Wildman–Crippen MR) is 325 cm³/mol. The summed E-state index contributed by atoms with van der Waals surface area (Å²) in [5.41, 5.74) is 0. The van der Waals surface area contributed by atoms with Crippen molar-refractivity contribution in [1.29, 1.82) is 0 Å². The van der Waals surface area contributed by atoms with Gasteiger partial charge in [-0.3, -0.25) is 23.4 Å². The number of aliphatic hydroxyl groups is 1. The van der Waals surface area contributed by atoms with Gasteiger partial charge in [-0.1, -0.05) is 248 Å². The molecule has 452 valence electrons. The summed E-state index contributed by atoms with van der Waals surface area (Å²) in [5.74, 6) is -1.48. The van der Waals surface area contributed by atoms with E-state index >= 15 is 0 Å². The van der Waals surface area contributed by atoms with Gasteiger partial charge < -0.3 is 24.2 Å². The molecule has 0 fully saturated rings. The second-order valence-electron chi connectivity index (χ2n) is 21.2. The Hall–Kier alpha value is -3.08. The van der Waals surface area contributed by atoms with E-state index < -0.39 is 57.8 Å². The Morgan fingerprint density at radius 1 is 0.359 bits per heavy atom. The lowest BCUT2D eigenvalue weighted by atomic mass is 10.0. The van der Waals surface area contributed by atoms with Crippen LogP contribution < -0.4 is 0 Å². The molecule has 0 bridgehead atoms. The molecule has 0 aromatic rings. The summed E-state index contributed by atoms with van der Waals surface area (Å²) in [5, 5.41) is 9.83. The summed E-state index contributed by atoms with van der Waals surface area (Å²) in [6.45, 7) is 4.60. The number of aliphatic hydroxyl groups excluding tert-OH is 1. The summed E-state index contributed by atoms with van der Waals surface area (Å²) in [6, 6.07) is 0. The molecule has 0 amide bonds. The smallest absolute Gasteiger partial charge is 0.462 e. The van der Waals surface area contributed by atoms with Crippen LogP contribution in [0.3, 0.4) is 0 Å². The number of phosphoric acid groups is 1. The van der Waals surface area contributed by atoms with Crippen molar-refractivity contribution < 1.29 is 52.2 Å². The highest BCUT2D eigenvalue weighted by atomic mass is 31.2. The molecule has 0 aliphatic carbocycles. The normalized spacial score (nSPS) is 13.8. The predicted octanol–water partition coefficient (Wildman–Crippen LogP) is 19.3. The first-order valence-corrected chi connectivity index (χ1v) is 33.3. The molecule has 2 N–H and O–H groups in total. The van der Waals surface area contributed by atoms with E-state index in [0.717, 1.165) is 122 Å². The van der Waals surface area contributed by atoms with Crippen LogP contribution in [0.5, 0.6) is 0 Å². The molecular weight excluding hydrogens is 1000 g/mol. The minimum atomic E-state index is -4.76. The number of unbranched alkanes of at least 4 members (excludes halogenated alkanes) is 30. The highest BCUT2D eigenvalue weighted by Gasteiger charge is 2.28. The van der Waals surface area contributed by atoms with E-state index in [0.29, 0.717) is 19.3 Å². The molecule has 0 aromatic heterocycles. The van der Waals surface area contributed by atoms with E-state index in [1.54, 1.807) is 0 Å². The Morgan fingerprint density at radius 2 is 0.628 bits per heavy atom. The average Bonchev–Trinajstić information content (AvgIpc) is 3.43. The highest BCUT2D eigenvalue weighted by molar-refractivity contribution is 7.47. The van der Waals surface area contributed by atoms with Crippen LogP contribution in [0, 0.1) is 0 Å². The van der Waals surface area contributed by atoms with E-state index in [1.165, 1.54) is 109 Å². The van der Waals surface area contributed by atoms with Gasteiger partial charge in [0.25, 0.3) is 0 Å². The topological polar surface area (TPSA) is 155 Å². The van der Waals surface area contributed by atoms with Crippen molar-refractivity contribution in [1.82, 2.24) is 0 Å². The number of esters is 3. The zero-order valence-electron chi connectivity index (χ0n) is 50.1. The first-order valence-electron chi connectivity index (χ1n) is 31.8. The number of allylic oxidation sites excluding steroid dienone is 12. The maximum absolute atomic E-state index is 13.0. The Kier molecular flexibility index (Phi) is 57.7. The van der Waals surface area contributed by atoms with E-state index in [1.807, 2.05) is 0 Å². The monoisotopic (exact) mass is 1120 g/mol. The number of hydrogen-bond acceptors (Lipinski definition) is 10. The Morgan fingerprint density at radius 3 is 0.987 bits per heavy atom. The van der Waals surface area contributed by atoms with Crippen LogP contribution in [-0.2, 0) is 42.2 Å². The van der Waals surface area contributed by atoms with Gasteiger partial charge in [-0.25, -0.2) is 4.57 Å².